The molecule has 2 aliphatic rings. The number of hydrogen-bond donors (Lipinski definition) is 2. The van der Waals surface area contributed by atoms with Crippen molar-refractivity contribution in [3.8, 4) is 0 Å². The number of fused-ring (bicyclic) bond motifs is 1. The molecule has 162 valence electrons. The fraction of sp³-hybridized carbons (Fsp3) is 0.609. The van der Waals surface area contributed by atoms with Gasteiger partial charge >= 0.3 is 0 Å². The first kappa shape index (κ1) is 20.7. The van der Waals surface area contributed by atoms with E-state index in [1.54, 1.807) is 0 Å². The molecule has 0 aliphatic carbocycles. The molecule has 4 rings (SSSR count). The van der Waals surface area contributed by atoms with Gasteiger partial charge in [0.2, 0.25) is 0 Å². The van der Waals surface area contributed by atoms with Gasteiger partial charge in [0.15, 0.2) is 11.8 Å². The molecule has 0 spiro atoms. The molecule has 0 saturated carbocycles. The third-order valence-electron chi connectivity index (χ3n) is 6.10. The number of aliphatic imine (C=N–C) groups is 1. The second-order valence-electron chi connectivity index (χ2n) is 8.35. The average Bonchev–Trinajstić information content (AvgIpc) is 3.37. The van der Waals surface area contributed by atoms with Crippen LogP contribution in [0.5, 0.6) is 0 Å². The Labute approximate surface area is 180 Å². The summed E-state index contributed by atoms with van der Waals surface area (Å²) >= 11 is 0. The lowest BCUT2D eigenvalue weighted by Gasteiger charge is -2.22. The van der Waals surface area contributed by atoms with E-state index in [1.165, 1.54) is 43.4 Å². The number of aromatic nitrogens is 3. The van der Waals surface area contributed by atoms with Crippen LogP contribution in [-0.4, -0.2) is 40.4 Å². The van der Waals surface area contributed by atoms with Crippen molar-refractivity contribution in [2.45, 2.75) is 71.5 Å². The van der Waals surface area contributed by atoms with Crippen molar-refractivity contribution in [2.75, 3.05) is 24.5 Å². The van der Waals surface area contributed by atoms with E-state index < -0.39 is 0 Å². The molecule has 7 nitrogen and oxygen atoms in total. The molecular weight excluding hydrogens is 374 g/mol. The summed E-state index contributed by atoms with van der Waals surface area (Å²) in [6.45, 7) is 9.00. The van der Waals surface area contributed by atoms with Crippen molar-refractivity contribution < 1.29 is 0 Å². The third kappa shape index (κ3) is 4.94. The molecule has 2 aliphatic heterocycles. The van der Waals surface area contributed by atoms with E-state index in [-0.39, 0.29) is 6.04 Å². The number of anilines is 1. The highest BCUT2D eigenvalue weighted by Crippen LogP contribution is 2.24. The smallest absolute Gasteiger partial charge is 0.192 e. The maximum Gasteiger partial charge on any atom is 0.192 e. The number of hydrogen-bond acceptors (Lipinski definition) is 4. The van der Waals surface area contributed by atoms with Crippen molar-refractivity contribution in [3.05, 3.63) is 41.5 Å². The normalized spacial score (nSPS) is 18.1. The maximum absolute atomic E-state index is 4.82. The molecule has 2 N–H and O–H groups in total. The summed E-state index contributed by atoms with van der Waals surface area (Å²) in [7, 11) is 0. The van der Waals surface area contributed by atoms with Crippen molar-refractivity contribution in [1.82, 2.24) is 25.4 Å². The Bertz CT molecular complexity index is 851. The lowest BCUT2D eigenvalue weighted by molar-refractivity contribution is 0.604. The zero-order chi connectivity index (χ0) is 20.8. The molecule has 30 heavy (non-hydrogen) atoms. The van der Waals surface area contributed by atoms with E-state index in [4.69, 9.17) is 4.99 Å². The highest BCUT2D eigenvalue weighted by Gasteiger charge is 2.16. The van der Waals surface area contributed by atoms with Crippen molar-refractivity contribution in [3.63, 3.8) is 0 Å². The van der Waals surface area contributed by atoms with Gasteiger partial charge in [-0.15, -0.1) is 10.2 Å². The summed E-state index contributed by atoms with van der Waals surface area (Å²) in [5.41, 5.74) is 2.60. The minimum absolute atomic E-state index is 0.167. The Morgan fingerprint density at radius 1 is 1.10 bits per heavy atom. The number of benzene rings is 1. The second-order valence-corrected chi connectivity index (χ2v) is 8.35. The maximum atomic E-state index is 4.82. The van der Waals surface area contributed by atoms with Gasteiger partial charge in [-0.3, -0.25) is 0 Å². The van der Waals surface area contributed by atoms with E-state index in [0.717, 1.165) is 50.2 Å². The minimum Gasteiger partial charge on any atom is -0.372 e. The summed E-state index contributed by atoms with van der Waals surface area (Å²) in [6.07, 6.45) is 7.29. The molecule has 7 heteroatoms. The number of nitrogens with zero attached hydrogens (tertiary/aromatic N) is 5. The van der Waals surface area contributed by atoms with E-state index in [9.17, 15) is 0 Å². The zero-order valence-electron chi connectivity index (χ0n) is 18.4. The van der Waals surface area contributed by atoms with Crippen LogP contribution in [0.3, 0.4) is 0 Å². The Morgan fingerprint density at radius 2 is 1.93 bits per heavy atom. The van der Waals surface area contributed by atoms with Gasteiger partial charge in [0.05, 0.1) is 6.04 Å². The molecule has 1 saturated heterocycles. The van der Waals surface area contributed by atoms with Crippen molar-refractivity contribution in [2.24, 2.45) is 4.99 Å². The lowest BCUT2D eigenvalue weighted by atomic mass is 10.1. The first-order chi connectivity index (χ1) is 14.7. The van der Waals surface area contributed by atoms with Gasteiger partial charge in [0, 0.05) is 38.3 Å². The van der Waals surface area contributed by atoms with Crippen LogP contribution in [-0.2, 0) is 19.5 Å². The summed E-state index contributed by atoms with van der Waals surface area (Å²) in [5.74, 6) is 2.90. The first-order valence-electron chi connectivity index (χ1n) is 11.6. The van der Waals surface area contributed by atoms with Crippen LogP contribution in [0.4, 0.5) is 5.69 Å². The molecule has 1 aromatic heterocycles. The molecule has 1 unspecified atom stereocenters. The van der Waals surface area contributed by atoms with Gasteiger partial charge in [0.1, 0.15) is 12.4 Å². The van der Waals surface area contributed by atoms with E-state index in [2.05, 4.69) is 68.4 Å². The highest BCUT2D eigenvalue weighted by molar-refractivity contribution is 5.80. The largest absolute Gasteiger partial charge is 0.372 e. The van der Waals surface area contributed by atoms with Gasteiger partial charge in [0.25, 0.3) is 0 Å². The van der Waals surface area contributed by atoms with Crippen molar-refractivity contribution >= 4 is 11.6 Å². The van der Waals surface area contributed by atoms with Crippen LogP contribution in [0.2, 0.25) is 0 Å². The Balaban J connectivity index is 1.44. The van der Waals surface area contributed by atoms with Gasteiger partial charge in [-0.05, 0) is 57.2 Å². The van der Waals surface area contributed by atoms with Crippen LogP contribution < -0.4 is 15.5 Å². The van der Waals surface area contributed by atoms with E-state index in [1.807, 2.05) is 0 Å². The van der Waals surface area contributed by atoms with Crippen LogP contribution in [0.1, 0.15) is 69.2 Å². The number of rotatable bonds is 6. The molecule has 1 aromatic carbocycles. The third-order valence-corrected chi connectivity index (χ3v) is 6.10. The topological polar surface area (TPSA) is 70.4 Å². The van der Waals surface area contributed by atoms with Crippen LogP contribution >= 0.6 is 0 Å². The summed E-state index contributed by atoms with van der Waals surface area (Å²) in [4.78, 5) is 7.30. The Kier molecular flexibility index (Phi) is 6.87. The first-order valence-corrected chi connectivity index (χ1v) is 11.6. The fourth-order valence-electron chi connectivity index (χ4n) is 4.39. The molecular formula is C23H35N7. The van der Waals surface area contributed by atoms with Crippen LogP contribution in [0.25, 0.3) is 0 Å². The average molecular weight is 410 g/mol. The Hall–Kier alpha value is -2.57. The molecule has 0 radical (unpaired) electrons. The van der Waals surface area contributed by atoms with Crippen LogP contribution in [0.15, 0.2) is 29.3 Å². The summed E-state index contributed by atoms with van der Waals surface area (Å²) in [6, 6.07) is 9.06. The number of nitrogens with one attached hydrogen (secondary N) is 2. The van der Waals surface area contributed by atoms with Gasteiger partial charge in [-0.25, -0.2) is 4.99 Å². The number of guanidine groups is 1. The minimum atomic E-state index is 0.167. The SMILES string of the molecule is CCNC(=NCc1nnc2n1CCCCC2)NC(C)c1cccc(N2CCCC2)c1. The monoisotopic (exact) mass is 409 g/mol. The van der Waals surface area contributed by atoms with Crippen LogP contribution in [0, 0.1) is 0 Å². The second kappa shape index (κ2) is 9.96. The highest BCUT2D eigenvalue weighted by atomic mass is 15.3. The van der Waals surface area contributed by atoms with Gasteiger partial charge in [-0.1, -0.05) is 18.6 Å². The quantitative estimate of drug-likeness (QED) is 0.565. The summed E-state index contributed by atoms with van der Waals surface area (Å²) in [5, 5.41) is 15.8. The predicted octanol–water partition coefficient (Wildman–Crippen LogP) is 3.42. The standard InChI is InChI=1S/C23H35N7/c1-3-24-23(25-17-22-28-27-21-12-5-4-6-15-30(21)22)26-18(2)19-10-9-11-20(16-19)29-13-7-8-14-29/h9-11,16,18H,3-8,12-15,17H2,1-2H3,(H2,24,25,26). The molecule has 0 bridgehead atoms. The predicted molar refractivity (Wildman–Crippen MR) is 122 cm³/mol. The van der Waals surface area contributed by atoms with Crippen molar-refractivity contribution in [1.29, 1.82) is 0 Å². The van der Waals surface area contributed by atoms with Gasteiger partial charge < -0.3 is 20.1 Å². The lowest BCUT2D eigenvalue weighted by Crippen LogP contribution is -2.38. The fourth-order valence-corrected chi connectivity index (χ4v) is 4.39. The van der Waals surface area contributed by atoms with Gasteiger partial charge in [-0.2, -0.15) is 0 Å². The molecule has 2 aromatic rings. The molecule has 0 amide bonds. The number of aryl methyl sites for hydroxylation is 1. The Morgan fingerprint density at radius 3 is 2.77 bits per heavy atom. The molecule has 1 fully saturated rings. The zero-order valence-corrected chi connectivity index (χ0v) is 18.4. The molecule has 3 heterocycles. The van der Waals surface area contributed by atoms with E-state index in [0.29, 0.717) is 6.54 Å². The summed E-state index contributed by atoms with van der Waals surface area (Å²) < 4.78 is 2.27. The van der Waals surface area contributed by atoms with E-state index >= 15 is 0 Å². The molecule has 1 atom stereocenters.